The molecule has 1 aliphatic heterocycles. The molecule has 1 N–H and O–H groups in total. The minimum atomic E-state index is -1.15. The van der Waals surface area contributed by atoms with Crippen molar-refractivity contribution in [2.45, 2.75) is 18.7 Å². The highest BCUT2D eigenvalue weighted by molar-refractivity contribution is 7.99. The molecule has 0 fully saturated rings. The summed E-state index contributed by atoms with van der Waals surface area (Å²) in [7, 11) is 2.94. The summed E-state index contributed by atoms with van der Waals surface area (Å²) in [6.07, 6.45) is 1.29. The van der Waals surface area contributed by atoms with E-state index in [-0.39, 0.29) is 16.7 Å². The Kier molecular flexibility index (Phi) is 6.31. The first kappa shape index (κ1) is 19.8. The van der Waals surface area contributed by atoms with Crippen molar-refractivity contribution in [2.75, 3.05) is 27.0 Å². The number of amides is 1. The molecule has 0 aromatic heterocycles. The number of carboxylic acid groups (broad SMARTS) is 1. The van der Waals surface area contributed by atoms with Crippen LogP contribution in [-0.4, -0.2) is 60.1 Å². The lowest BCUT2D eigenvalue weighted by Crippen LogP contribution is -2.34. The number of carbonyl (C=O) groups is 3. The summed E-state index contributed by atoms with van der Waals surface area (Å²) in [4.78, 5) is 38.6. The van der Waals surface area contributed by atoms with Gasteiger partial charge in [0, 0.05) is 23.8 Å². The fourth-order valence-corrected chi connectivity index (χ4v) is 3.94. The van der Waals surface area contributed by atoms with Gasteiger partial charge in [0.1, 0.15) is 16.9 Å². The number of ketones is 1. The van der Waals surface area contributed by atoms with E-state index < -0.39 is 29.5 Å². The van der Waals surface area contributed by atoms with Gasteiger partial charge in [-0.1, -0.05) is 0 Å². The normalized spacial score (nSPS) is 16.8. The van der Waals surface area contributed by atoms with Crippen molar-refractivity contribution in [1.82, 2.24) is 4.90 Å². The number of ether oxygens (including phenoxy) is 2. The van der Waals surface area contributed by atoms with E-state index in [4.69, 9.17) is 9.47 Å². The third-order valence-electron chi connectivity index (χ3n) is 4.16. The van der Waals surface area contributed by atoms with Crippen molar-refractivity contribution < 1.29 is 29.0 Å². The Labute approximate surface area is 156 Å². The van der Waals surface area contributed by atoms with Gasteiger partial charge in [0.2, 0.25) is 0 Å². The first-order chi connectivity index (χ1) is 12.4. The van der Waals surface area contributed by atoms with Crippen molar-refractivity contribution in [3.05, 3.63) is 34.9 Å². The Morgan fingerprint density at radius 3 is 2.46 bits per heavy atom. The van der Waals surface area contributed by atoms with E-state index in [0.29, 0.717) is 18.0 Å². The Morgan fingerprint density at radius 1 is 1.27 bits per heavy atom. The van der Waals surface area contributed by atoms with Gasteiger partial charge in [-0.3, -0.25) is 14.4 Å². The van der Waals surface area contributed by atoms with Crippen molar-refractivity contribution in [1.29, 1.82) is 0 Å². The van der Waals surface area contributed by atoms with Crippen molar-refractivity contribution >= 4 is 29.4 Å². The molecule has 7 nitrogen and oxygen atoms in total. The summed E-state index contributed by atoms with van der Waals surface area (Å²) in [5.41, 5.74) is 0.493. The average molecular weight is 379 g/mol. The summed E-state index contributed by atoms with van der Waals surface area (Å²) >= 11 is 1.32. The van der Waals surface area contributed by atoms with E-state index in [1.165, 1.54) is 30.9 Å². The van der Waals surface area contributed by atoms with Crippen LogP contribution in [0.25, 0.3) is 0 Å². The van der Waals surface area contributed by atoms with Crippen LogP contribution in [0, 0.1) is 0 Å². The fraction of sp³-hybridized carbons (Fsp3) is 0.389. The van der Waals surface area contributed by atoms with Gasteiger partial charge in [-0.2, -0.15) is 0 Å². The van der Waals surface area contributed by atoms with Crippen LogP contribution in [0.3, 0.4) is 0 Å². The highest BCUT2D eigenvalue weighted by atomic mass is 32.2. The van der Waals surface area contributed by atoms with E-state index in [9.17, 15) is 19.5 Å². The number of benzene rings is 1. The molecular formula is C18H21NO6S. The summed E-state index contributed by atoms with van der Waals surface area (Å²) in [5.74, 6) is -1.15. The number of methoxy groups -OCH3 is 2. The zero-order valence-corrected chi connectivity index (χ0v) is 15.9. The van der Waals surface area contributed by atoms with Crippen LogP contribution in [0.5, 0.6) is 11.5 Å². The van der Waals surface area contributed by atoms with E-state index in [0.717, 1.165) is 0 Å². The minimum absolute atomic E-state index is 0.0292. The Hall–Kier alpha value is -2.48. The quantitative estimate of drug-likeness (QED) is 0.692. The number of nitrogens with zero attached hydrogens (tertiary/aromatic N) is 1. The Balaban J connectivity index is 2.60. The van der Waals surface area contributed by atoms with Crippen LogP contribution >= 0.6 is 11.8 Å². The molecular weight excluding hydrogens is 358 g/mol. The second-order valence-corrected chi connectivity index (χ2v) is 6.46. The minimum Gasteiger partial charge on any atom is -0.497 e. The number of hydrogen-bond donors (Lipinski definition) is 1. The highest BCUT2D eigenvalue weighted by Crippen LogP contribution is 2.37. The Bertz CT molecular complexity index is 773. The van der Waals surface area contributed by atoms with Crippen LogP contribution in [0.4, 0.5) is 0 Å². The van der Waals surface area contributed by atoms with Crippen LogP contribution in [-0.2, 0) is 9.59 Å². The van der Waals surface area contributed by atoms with Gasteiger partial charge >= 0.3 is 5.97 Å². The lowest BCUT2D eigenvalue weighted by atomic mass is 9.97. The number of rotatable bonds is 8. The van der Waals surface area contributed by atoms with E-state index >= 15 is 0 Å². The number of carbonyl (C=O) groups excluding carboxylic acids is 2. The predicted octanol–water partition coefficient (Wildman–Crippen LogP) is 2.21. The summed E-state index contributed by atoms with van der Waals surface area (Å²) in [6, 6.07) is 4.75. The smallest absolute Gasteiger partial charge is 0.308 e. The molecule has 0 bridgehead atoms. The van der Waals surface area contributed by atoms with Gasteiger partial charge in [-0.15, -0.1) is 11.8 Å². The molecule has 1 aromatic rings. The van der Waals surface area contributed by atoms with Crippen LogP contribution in [0.2, 0.25) is 0 Å². The van der Waals surface area contributed by atoms with Crippen molar-refractivity contribution in [2.24, 2.45) is 0 Å². The van der Waals surface area contributed by atoms with E-state index in [2.05, 4.69) is 0 Å². The zero-order chi connectivity index (χ0) is 19.4. The number of aliphatic carboxylic acids is 1. The molecule has 1 heterocycles. The topological polar surface area (TPSA) is 93.1 Å². The number of carboxylic acids is 1. The molecule has 1 amide bonds. The van der Waals surface area contributed by atoms with E-state index in [1.807, 2.05) is 0 Å². The summed E-state index contributed by atoms with van der Waals surface area (Å²) in [6.45, 7) is 2.17. The number of thioether (sulfide) groups is 1. The lowest BCUT2D eigenvalue weighted by Gasteiger charge is -2.23. The SMILES string of the molecule is CCN1C(=O)C(CC(=O)O)=C(C(=O)c2ccc(OC)cc2OC)[C@@H]1SC. The highest BCUT2D eigenvalue weighted by Gasteiger charge is 2.42. The molecule has 0 saturated carbocycles. The first-order valence-corrected chi connectivity index (χ1v) is 9.23. The molecule has 140 valence electrons. The molecule has 0 aliphatic carbocycles. The maximum atomic E-state index is 13.2. The van der Waals surface area contributed by atoms with Gasteiger partial charge < -0.3 is 19.5 Å². The molecule has 0 unspecified atom stereocenters. The predicted molar refractivity (Wildman–Crippen MR) is 97.8 cm³/mol. The second kappa shape index (κ2) is 8.27. The molecule has 0 spiro atoms. The fourth-order valence-electron chi connectivity index (χ4n) is 2.96. The number of Topliss-reactive ketones (excluding diaryl/α,β-unsaturated/α-hetero) is 1. The van der Waals surface area contributed by atoms with Gasteiger partial charge in [0.15, 0.2) is 5.78 Å². The standard InChI is InChI=1S/C18H21NO6S/c1-5-19-17(23)12(9-14(20)21)15(18(19)26-4)16(22)11-7-6-10(24-2)8-13(11)25-3/h6-8,18H,5,9H2,1-4H3,(H,20,21)/t18-/m0/s1. The summed E-state index contributed by atoms with van der Waals surface area (Å²) < 4.78 is 10.4. The monoisotopic (exact) mass is 379 g/mol. The molecule has 0 saturated heterocycles. The van der Waals surface area contributed by atoms with Gasteiger partial charge in [-0.25, -0.2) is 0 Å². The third kappa shape index (κ3) is 3.55. The average Bonchev–Trinajstić information content (AvgIpc) is 2.90. The van der Waals surface area contributed by atoms with Gasteiger partial charge in [0.05, 0.1) is 26.2 Å². The molecule has 1 aliphatic rings. The molecule has 0 radical (unpaired) electrons. The lowest BCUT2D eigenvalue weighted by molar-refractivity contribution is -0.137. The van der Waals surface area contributed by atoms with Gasteiger partial charge in [0.25, 0.3) is 5.91 Å². The maximum absolute atomic E-state index is 13.2. The molecule has 2 rings (SSSR count). The maximum Gasteiger partial charge on any atom is 0.308 e. The Morgan fingerprint density at radius 2 is 1.96 bits per heavy atom. The number of hydrogen-bond acceptors (Lipinski definition) is 6. The van der Waals surface area contributed by atoms with Crippen LogP contribution < -0.4 is 9.47 Å². The molecule has 1 atom stereocenters. The largest absolute Gasteiger partial charge is 0.497 e. The third-order valence-corrected chi connectivity index (χ3v) is 5.10. The first-order valence-electron chi connectivity index (χ1n) is 7.94. The van der Waals surface area contributed by atoms with Crippen molar-refractivity contribution in [3.63, 3.8) is 0 Å². The zero-order valence-electron chi connectivity index (χ0n) is 15.1. The molecule has 8 heteroatoms. The van der Waals surface area contributed by atoms with Gasteiger partial charge in [-0.05, 0) is 25.3 Å². The van der Waals surface area contributed by atoms with Crippen molar-refractivity contribution in [3.8, 4) is 11.5 Å². The van der Waals surface area contributed by atoms with Crippen LogP contribution in [0.15, 0.2) is 29.3 Å². The number of likely N-dealkylation sites (N-methyl/N-ethyl adjacent to an activating group) is 1. The second-order valence-electron chi connectivity index (χ2n) is 5.54. The summed E-state index contributed by atoms with van der Waals surface area (Å²) in [5, 5.41) is 8.66. The molecule has 26 heavy (non-hydrogen) atoms. The van der Waals surface area contributed by atoms with E-state index in [1.54, 1.807) is 31.4 Å². The molecule has 1 aromatic carbocycles. The van der Waals surface area contributed by atoms with Crippen LogP contribution in [0.1, 0.15) is 23.7 Å².